The zero-order chi connectivity index (χ0) is 24.2. The van der Waals surface area contributed by atoms with Gasteiger partial charge in [-0.25, -0.2) is 0 Å². The van der Waals surface area contributed by atoms with Crippen LogP contribution in [0.5, 0.6) is 0 Å². The van der Waals surface area contributed by atoms with E-state index in [0.717, 1.165) is 36.8 Å². The highest BCUT2D eigenvalue weighted by atomic mass is 16.5. The minimum atomic E-state index is -0.700. The van der Waals surface area contributed by atoms with Crippen LogP contribution < -0.4 is 5.32 Å². The second-order valence-corrected chi connectivity index (χ2v) is 8.26. The summed E-state index contributed by atoms with van der Waals surface area (Å²) >= 11 is 0. The topological polar surface area (TPSA) is 88.6 Å². The second-order valence-electron chi connectivity index (χ2n) is 8.26. The SMILES string of the molecule is CCOC(=O)C[C@H](C#Cc1ccccc1)NC(=O)CN1CCC[C@@H](CCc2ccncc2)C1=O. The van der Waals surface area contributed by atoms with Crippen molar-refractivity contribution in [1.82, 2.24) is 15.2 Å². The third-order valence-corrected chi connectivity index (χ3v) is 5.68. The van der Waals surface area contributed by atoms with E-state index in [9.17, 15) is 14.4 Å². The molecule has 1 aliphatic rings. The van der Waals surface area contributed by atoms with Gasteiger partial charge in [-0.05, 0) is 62.4 Å². The molecule has 7 heteroatoms. The third-order valence-electron chi connectivity index (χ3n) is 5.68. The van der Waals surface area contributed by atoms with Crippen molar-refractivity contribution in [1.29, 1.82) is 0 Å². The number of benzene rings is 1. The molecule has 2 atom stereocenters. The maximum atomic E-state index is 13.0. The molecule has 2 aromatic rings. The fourth-order valence-electron chi connectivity index (χ4n) is 3.97. The molecule has 1 aromatic heterocycles. The van der Waals surface area contributed by atoms with Crippen LogP contribution >= 0.6 is 0 Å². The van der Waals surface area contributed by atoms with Gasteiger partial charge in [0.1, 0.15) is 6.04 Å². The number of carbonyl (C=O) groups excluding carboxylic acids is 3. The van der Waals surface area contributed by atoms with Gasteiger partial charge in [-0.3, -0.25) is 19.4 Å². The van der Waals surface area contributed by atoms with E-state index in [-0.39, 0.29) is 37.3 Å². The van der Waals surface area contributed by atoms with Crippen LogP contribution in [0.4, 0.5) is 0 Å². The predicted octanol–water partition coefficient (Wildman–Crippen LogP) is 2.74. The first kappa shape index (κ1) is 25.0. The standard InChI is InChI=1S/C27H31N3O4/c1-2-34-26(32)19-24(13-11-21-7-4-3-5-8-21)29-25(31)20-30-18-6-9-23(27(30)33)12-10-22-14-16-28-17-15-22/h3-5,7-8,14-17,23-24H,2,6,9-10,12,18-20H2,1H3,(H,29,31)/t23-,24-/m0/s1. The first-order chi connectivity index (χ1) is 16.5. The van der Waals surface area contributed by atoms with Crippen molar-refractivity contribution in [2.24, 2.45) is 5.92 Å². The molecule has 0 bridgehead atoms. The minimum absolute atomic E-state index is 0.00719. The number of hydrogen-bond acceptors (Lipinski definition) is 5. The van der Waals surface area contributed by atoms with E-state index in [2.05, 4.69) is 22.1 Å². The highest BCUT2D eigenvalue weighted by Gasteiger charge is 2.30. The Kier molecular flexibility index (Phi) is 9.65. The number of aryl methyl sites for hydroxylation is 1. The smallest absolute Gasteiger partial charge is 0.308 e. The van der Waals surface area contributed by atoms with Gasteiger partial charge in [-0.2, -0.15) is 0 Å². The molecule has 34 heavy (non-hydrogen) atoms. The molecule has 1 N–H and O–H groups in total. The van der Waals surface area contributed by atoms with E-state index in [0.29, 0.717) is 6.54 Å². The van der Waals surface area contributed by atoms with Crippen molar-refractivity contribution in [2.45, 2.75) is 45.1 Å². The van der Waals surface area contributed by atoms with Crippen LogP contribution in [0.1, 0.15) is 43.7 Å². The predicted molar refractivity (Wildman–Crippen MR) is 128 cm³/mol. The van der Waals surface area contributed by atoms with Gasteiger partial charge in [0, 0.05) is 30.4 Å². The number of nitrogens with one attached hydrogen (secondary N) is 1. The van der Waals surface area contributed by atoms with E-state index in [4.69, 9.17) is 4.74 Å². The largest absolute Gasteiger partial charge is 0.466 e. The number of carbonyl (C=O) groups is 3. The first-order valence-corrected chi connectivity index (χ1v) is 11.7. The summed E-state index contributed by atoms with van der Waals surface area (Å²) in [6.45, 7) is 2.50. The Morgan fingerprint density at radius 2 is 1.97 bits per heavy atom. The van der Waals surface area contributed by atoms with Crippen LogP contribution in [0.3, 0.4) is 0 Å². The molecule has 1 fully saturated rings. The monoisotopic (exact) mass is 461 g/mol. The Morgan fingerprint density at radius 1 is 1.21 bits per heavy atom. The van der Waals surface area contributed by atoms with Gasteiger partial charge in [0.25, 0.3) is 0 Å². The van der Waals surface area contributed by atoms with Gasteiger partial charge in [-0.15, -0.1) is 0 Å². The molecule has 7 nitrogen and oxygen atoms in total. The number of ether oxygens (including phenoxy) is 1. The van der Waals surface area contributed by atoms with Crippen molar-refractivity contribution < 1.29 is 19.1 Å². The fraction of sp³-hybridized carbons (Fsp3) is 0.407. The Balaban J connectivity index is 1.58. The number of nitrogens with zero attached hydrogens (tertiary/aromatic N) is 2. The lowest BCUT2D eigenvalue weighted by molar-refractivity contribution is -0.144. The average Bonchev–Trinajstić information content (AvgIpc) is 2.84. The van der Waals surface area contributed by atoms with E-state index in [1.54, 1.807) is 24.2 Å². The molecule has 0 aliphatic carbocycles. The normalized spacial score (nSPS) is 16.2. The number of esters is 1. The molecule has 1 aromatic carbocycles. The zero-order valence-electron chi connectivity index (χ0n) is 19.5. The Labute approximate surface area is 200 Å². The molecule has 2 amide bonds. The lowest BCUT2D eigenvalue weighted by Crippen LogP contribution is -2.48. The molecular formula is C27H31N3O4. The minimum Gasteiger partial charge on any atom is -0.466 e. The summed E-state index contributed by atoms with van der Waals surface area (Å²) < 4.78 is 5.02. The molecular weight excluding hydrogens is 430 g/mol. The number of pyridine rings is 1. The van der Waals surface area contributed by atoms with Crippen LogP contribution in [0, 0.1) is 17.8 Å². The fourth-order valence-corrected chi connectivity index (χ4v) is 3.97. The van der Waals surface area contributed by atoms with E-state index >= 15 is 0 Å². The van der Waals surface area contributed by atoms with Crippen molar-refractivity contribution in [3.05, 3.63) is 66.0 Å². The van der Waals surface area contributed by atoms with Crippen LogP contribution in [-0.2, 0) is 25.5 Å². The summed E-state index contributed by atoms with van der Waals surface area (Å²) in [5.41, 5.74) is 1.94. The summed E-state index contributed by atoms with van der Waals surface area (Å²) in [4.78, 5) is 43.4. The van der Waals surface area contributed by atoms with E-state index < -0.39 is 12.0 Å². The number of rotatable bonds is 9. The quantitative estimate of drug-likeness (QED) is 0.458. The number of aromatic nitrogens is 1. The molecule has 0 radical (unpaired) electrons. The maximum absolute atomic E-state index is 13.0. The first-order valence-electron chi connectivity index (χ1n) is 11.7. The number of piperidine rings is 1. The van der Waals surface area contributed by atoms with Crippen molar-refractivity contribution in [3.63, 3.8) is 0 Å². The molecule has 0 saturated carbocycles. The van der Waals surface area contributed by atoms with Crippen molar-refractivity contribution in [3.8, 4) is 11.8 Å². The summed E-state index contributed by atoms with van der Waals surface area (Å²) in [6.07, 6.45) is 6.69. The summed E-state index contributed by atoms with van der Waals surface area (Å²) in [6, 6.07) is 12.6. The van der Waals surface area contributed by atoms with Crippen LogP contribution in [0.2, 0.25) is 0 Å². The Bertz CT molecular complexity index is 1010. The van der Waals surface area contributed by atoms with Gasteiger partial charge < -0.3 is 15.0 Å². The molecule has 2 heterocycles. The zero-order valence-corrected chi connectivity index (χ0v) is 19.5. The number of amides is 2. The van der Waals surface area contributed by atoms with Gasteiger partial charge in [-0.1, -0.05) is 30.0 Å². The van der Waals surface area contributed by atoms with Gasteiger partial charge in [0.05, 0.1) is 19.6 Å². The summed E-state index contributed by atoms with van der Waals surface area (Å²) in [5.74, 6) is 5.10. The molecule has 0 spiro atoms. The highest BCUT2D eigenvalue weighted by Crippen LogP contribution is 2.22. The van der Waals surface area contributed by atoms with E-state index in [1.165, 1.54) is 0 Å². The highest BCUT2D eigenvalue weighted by molar-refractivity contribution is 5.87. The molecule has 178 valence electrons. The van der Waals surface area contributed by atoms with Gasteiger partial charge in [0.2, 0.25) is 11.8 Å². The van der Waals surface area contributed by atoms with Crippen molar-refractivity contribution >= 4 is 17.8 Å². The molecule has 1 aliphatic heterocycles. The number of hydrogen-bond donors (Lipinski definition) is 1. The third kappa shape index (κ3) is 8.04. The summed E-state index contributed by atoms with van der Waals surface area (Å²) in [5, 5.41) is 2.80. The van der Waals surface area contributed by atoms with Crippen LogP contribution in [0.15, 0.2) is 54.9 Å². The lowest BCUT2D eigenvalue weighted by Gasteiger charge is -2.32. The van der Waals surface area contributed by atoms with Crippen LogP contribution in [0.25, 0.3) is 0 Å². The van der Waals surface area contributed by atoms with Crippen LogP contribution in [-0.4, -0.2) is 53.4 Å². The Hall–Kier alpha value is -3.66. The Morgan fingerprint density at radius 3 is 2.71 bits per heavy atom. The maximum Gasteiger partial charge on any atom is 0.308 e. The number of likely N-dealkylation sites (tertiary alicyclic amines) is 1. The summed E-state index contributed by atoms with van der Waals surface area (Å²) in [7, 11) is 0. The average molecular weight is 462 g/mol. The molecule has 1 saturated heterocycles. The lowest BCUT2D eigenvalue weighted by atomic mass is 9.91. The van der Waals surface area contributed by atoms with Gasteiger partial charge in [0.15, 0.2) is 0 Å². The second kappa shape index (κ2) is 13.1. The molecule has 0 unspecified atom stereocenters. The van der Waals surface area contributed by atoms with E-state index in [1.807, 2.05) is 42.5 Å². The van der Waals surface area contributed by atoms with Gasteiger partial charge >= 0.3 is 5.97 Å². The molecule has 3 rings (SSSR count). The van der Waals surface area contributed by atoms with Crippen molar-refractivity contribution in [2.75, 3.05) is 19.7 Å².